The number of fused-ring (bicyclic) bond motifs is 1. The summed E-state index contributed by atoms with van der Waals surface area (Å²) in [5, 5.41) is 9.80. The zero-order valence-electron chi connectivity index (χ0n) is 19.2. The number of carbonyl (C=O) groups excluding carboxylic acids is 1. The summed E-state index contributed by atoms with van der Waals surface area (Å²) < 4.78 is 34.2. The minimum atomic E-state index is -3.69. The molecule has 0 radical (unpaired) electrons. The van der Waals surface area contributed by atoms with E-state index in [1.165, 1.54) is 0 Å². The standard InChI is InChI=1S/C23H35ClN4O4S/c1-14-9-20(22(32-2)11-18(14)24)28-33(30,31)17-5-3-15(4-6-17)12-26-23(29)21-10-16-13-25-8-7-19(16)27-21/h3-6,14,16,18-22,25,27-28H,7-13H2,1-2H3,(H,26,29). The summed E-state index contributed by atoms with van der Waals surface area (Å²) in [7, 11) is -2.11. The van der Waals surface area contributed by atoms with E-state index in [9.17, 15) is 13.2 Å². The molecule has 7 atom stereocenters. The van der Waals surface area contributed by atoms with Crippen molar-refractivity contribution in [3.05, 3.63) is 29.8 Å². The van der Waals surface area contributed by atoms with Crippen LogP contribution in [0.1, 0.15) is 38.2 Å². The topological polar surface area (TPSA) is 109 Å². The molecule has 1 aromatic carbocycles. The predicted octanol–water partition coefficient (Wildman–Crippen LogP) is 1.34. The van der Waals surface area contributed by atoms with Crippen LogP contribution in [0.3, 0.4) is 0 Å². The molecule has 0 spiro atoms. The number of hydrogen-bond acceptors (Lipinski definition) is 6. The fourth-order valence-electron chi connectivity index (χ4n) is 5.27. The first-order valence-electron chi connectivity index (χ1n) is 11.8. The molecule has 0 bridgehead atoms. The van der Waals surface area contributed by atoms with Gasteiger partial charge in [0.1, 0.15) is 0 Å². The quantitative estimate of drug-likeness (QED) is 0.422. The van der Waals surface area contributed by atoms with Crippen molar-refractivity contribution in [2.75, 3.05) is 20.2 Å². The first kappa shape index (κ1) is 24.9. The monoisotopic (exact) mass is 498 g/mol. The summed E-state index contributed by atoms with van der Waals surface area (Å²) in [6.45, 7) is 4.34. The molecule has 184 valence electrons. The molecule has 4 rings (SSSR count). The van der Waals surface area contributed by atoms with Crippen molar-refractivity contribution >= 4 is 27.5 Å². The van der Waals surface area contributed by atoms with E-state index < -0.39 is 10.0 Å². The van der Waals surface area contributed by atoms with E-state index in [0.717, 1.165) is 31.5 Å². The number of ether oxygens (including phenoxy) is 1. The molecule has 4 N–H and O–H groups in total. The fourth-order valence-corrected chi connectivity index (χ4v) is 6.83. The normalized spacial score (nSPS) is 34.6. The number of nitrogens with one attached hydrogen (secondary N) is 4. The van der Waals surface area contributed by atoms with Crippen molar-refractivity contribution in [3.63, 3.8) is 0 Å². The number of benzene rings is 1. The number of carbonyl (C=O) groups is 1. The van der Waals surface area contributed by atoms with Crippen LogP contribution in [-0.4, -0.2) is 64.1 Å². The first-order valence-corrected chi connectivity index (χ1v) is 13.7. The molecular weight excluding hydrogens is 464 g/mol. The lowest BCUT2D eigenvalue weighted by molar-refractivity contribution is -0.123. The van der Waals surface area contributed by atoms with E-state index >= 15 is 0 Å². The summed E-state index contributed by atoms with van der Waals surface area (Å²) in [4.78, 5) is 12.8. The Morgan fingerprint density at radius 3 is 2.67 bits per heavy atom. The van der Waals surface area contributed by atoms with Crippen molar-refractivity contribution in [1.29, 1.82) is 0 Å². The number of piperidine rings is 1. The van der Waals surface area contributed by atoms with E-state index in [0.29, 0.717) is 31.3 Å². The van der Waals surface area contributed by atoms with Gasteiger partial charge in [0.05, 0.1) is 17.0 Å². The Morgan fingerprint density at radius 1 is 1.21 bits per heavy atom. The maximum atomic E-state index is 12.9. The summed E-state index contributed by atoms with van der Waals surface area (Å²) in [6, 6.07) is 6.58. The summed E-state index contributed by atoms with van der Waals surface area (Å²) in [5.74, 6) is 0.704. The molecule has 33 heavy (non-hydrogen) atoms. The lowest BCUT2D eigenvalue weighted by atomic mass is 9.85. The van der Waals surface area contributed by atoms with Crippen LogP contribution in [0, 0.1) is 11.8 Å². The number of sulfonamides is 1. The largest absolute Gasteiger partial charge is 0.380 e. The second-order valence-corrected chi connectivity index (χ2v) is 11.9. The zero-order valence-corrected chi connectivity index (χ0v) is 20.8. The van der Waals surface area contributed by atoms with Gasteiger partial charge in [-0.05, 0) is 68.3 Å². The molecule has 1 saturated carbocycles. The predicted molar refractivity (Wildman–Crippen MR) is 128 cm³/mol. The molecule has 1 aliphatic carbocycles. The number of amides is 1. The highest BCUT2D eigenvalue weighted by atomic mass is 35.5. The van der Waals surface area contributed by atoms with Crippen LogP contribution in [-0.2, 0) is 26.1 Å². The molecular formula is C23H35ClN4O4S. The number of halogens is 1. The van der Waals surface area contributed by atoms with E-state index in [1.54, 1.807) is 31.4 Å². The van der Waals surface area contributed by atoms with Gasteiger partial charge in [0, 0.05) is 31.1 Å². The smallest absolute Gasteiger partial charge is 0.240 e. The van der Waals surface area contributed by atoms with Crippen molar-refractivity contribution in [2.24, 2.45) is 11.8 Å². The van der Waals surface area contributed by atoms with Crippen LogP contribution in [0.2, 0.25) is 0 Å². The highest BCUT2D eigenvalue weighted by molar-refractivity contribution is 7.89. The molecule has 1 aromatic rings. The van der Waals surface area contributed by atoms with Crippen LogP contribution in [0.15, 0.2) is 29.2 Å². The Hall–Kier alpha value is -1.23. The number of rotatable bonds is 7. The molecule has 2 heterocycles. The minimum Gasteiger partial charge on any atom is -0.380 e. The Labute approximate surface area is 201 Å². The zero-order chi connectivity index (χ0) is 23.6. The van der Waals surface area contributed by atoms with Crippen LogP contribution < -0.4 is 20.7 Å². The molecule has 10 heteroatoms. The van der Waals surface area contributed by atoms with Gasteiger partial charge in [-0.1, -0.05) is 19.1 Å². The van der Waals surface area contributed by atoms with Crippen LogP contribution in [0.4, 0.5) is 0 Å². The first-order chi connectivity index (χ1) is 15.8. The summed E-state index contributed by atoms with van der Waals surface area (Å²) in [6.07, 6.45) is 2.88. The van der Waals surface area contributed by atoms with E-state index in [2.05, 4.69) is 20.7 Å². The Kier molecular flexibility index (Phi) is 7.98. The average Bonchev–Trinajstić information content (AvgIpc) is 3.24. The molecule has 0 aromatic heterocycles. The SMILES string of the molecule is COC1CC(Cl)C(C)CC1NS(=O)(=O)c1ccc(CNC(=O)C2CC3CNCCC3N2)cc1. The highest BCUT2D eigenvalue weighted by Gasteiger charge is 2.38. The fraction of sp³-hybridized carbons (Fsp3) is 0.696. The second kappa shape index (κ2) is 10.6. The molecule has 3 fully saturated rings. The third kappa shape index (κ3) is 5.89. The number of methoxy groups -OCH3 is 1. The lowest BCUT2D eigenvalue weighted by Crippen LogP contribution is -2.50. The van der Waals surface area contributed by atoms with Crippen molar-refractivity contribution in [1.82, 2.24) is 20.7 Å². The lowest BCUT2D eigenvalue weighted by Gasteiger charge is -2.37. The highest BCUT2D eigenvalue weighted by Crippen LogP contribution is 2.31. The van der Waals surface area contributed by atoms with Crippen LogP contribution in [0.25, 0.3) is 0 Å². The van der Waals surface area contributed by atoms with Gasteiger partial charge >= 0.3 is 0 Å². The number of hydrogen-bond donors (Lipinski definition) is 4. The van der Waals surface area contributed by atoms with Gasteiger partial charge in [-0.15, -0.1) is 11.6 Å². The minimum absolute atomic E-state index is 0.00242. The van der Waals surface area contributed by atoms with Gasteiger partial charge in [-0.25, -0.2) is 13.1 Å². The van der Waals surface area contributed by atoms with Crippen molar-refractivity contribution < 1.29 is 17.9 Å². The van der Waals surface area contributed by atoms with Gasteiger partial charge in [0.15, 0.2) is 0 Å². The van der Waals surface area contributed by atoms with Crippen molar-refractivity contribution in [3.8, 4) is 0 Å². The Morgan fingerprint density at radius 2 is 1.97 bits per heavy atom. The number of alkyl halides is 1. The molecule has 7 unspecified atom stereocenters. The van der Waals surface area contributed by atoms with Gasteiger partial charge < -0.3 is 20.7 Å². The maximum absolute atomic E-state index is 12.9. The van der Waals surface area contributed by atoms with E-state index in [-0.39, 0.29) is 40.3 Å². The molecule has 2 aliphatic heterocycles. The average molecular weight is 499 g/mol. The Balaban J connectivity index is 1.31. The second-order valence-electron chi connectivity index (χ2n) is 9.64. The van der Waals surface area contributed by atoms with Gasteiger partial charge in [0.25, 0.3) is 0 Å². The summed E-state index contributed by atoms with van der Waals surface area (Å²) >= 11 is 6.34. The third-order valence-electron chi connectivity index (χ3n) is 7.34. The molecule has 3 aliphatic rings. The van der Waals surface area contributed by atoms with Crippen LogP contribution >= 0.6 is 11.6 Å². The summed E-state index contributed by atoms with van der Waals surface area (Å²) in [5.41, 5.74) is 0.852. The van der Waals surface area contributed by atoms with Gasteiger partial charge in [0.2, 0.25) is 15.9 Å². The van der Waals surface area contributed by atoms with E-state index in [4.69, 9.17) is 16.3 Å². The van der Waals surface area contributed by atoms with E-state index in [1.807, 2.05) is 6.92 Å². The third-order valence-corrected chi connectivity index (χ3v) is 9.45. The van der Waals surface area contributed by atoms with Crippen molar-refractivity contribution in [2.45, 2.75) is 73.7 Å². The maximum Gasteiger partial charge on any atom is 0.240 e. The molecule has 2 saturated heterocycles. The van der Waals surface area contributed by atoms with Crippen LogP contribution in [0.5, 0.6) is 0 Å². The molecule has 8 nitrogen and oxygen atoms in total. The molecule has 1 amide bonds. The van der Waals surface area contributed by atoms with Gasteiger partial charge in [-0.3, -0.25) is 4.79 Å². The Bertz CT molecular complexity index is 915. The van der Waals surface area contributed by atoms with Gasteiger partial charge in [-0.2, -0.15) is 0 Å².